The first-order chi connectivity index (χ1) is 13.4. The van der Waals surface area contributed by atoms with Gasteiger partial charge in [-0.15, -0.1) is 0 Å². The van der Waals surface area contributed by atoms with E-state index in [4.69, 9.17) is 0 Å². The molecule has 1 aromatic heterocycles. The van der Waals surface area contributed by atoms with Gasteiger partial charge in [0.2, 0.25) is 5.91 Å². The van der Waals surface area contributed by atoms with Crippen LogP contribution in [-0.2, 0) is 18.4 Å². The first-order valence-corrected chi connectivity index (χ1v) is 10.5. The van der Waals surface area contributed by atoms with E-state index >= 15 is 0 Å². The summed E-state index contributed by atoms with van der Waals surface area (Å²) in [6, 6.07) is 11.6. The van der Waals surface area contributed by atoms with Gasteiger partial charge in [0.15, 0.2) is 5.16 Å². The van der Waals surface area contributed by atoms with E-state index in [2.05, 4.69) is 22.0 Å². The van der Waals surface area contributed by atoms with Crippen LogP contribution < -0.4 is 5.56 Å². The Morgan fingerprint density at radius 2 is 1.89 bits per heavy atom. The summed E-state index contributed by atoms with van der Waals surface area (Å²) in [5.74, 6) is 0.917. The monoisotopic (exact) mass is 402 g/mol. The van der Waals surface area contributed by atoms with Crippen LogP contribution in [0, 0.1) is 6.92 Å². The van der Waals surface area contributed by atoms with Crippen LogP contribution in [0.1, 0.15) is 24.1 Å². The summed E-state index contributed by atoms with van der Waals surface area (Å²) >= 11 is 1.52. The number of carbonyl (C=O) groups excluding carboxylic acids is 1. The highest BCUT2D eigenvalue weighted by Crippen LogP contribution is 2.16. The van der Waals surface area contributed by atoms with Gasteiger partial charge in [0, 0.05) is 50.6 Å². The summed E-state index contributed by atoms with van der Waals surface area (Å²) in [5, 5.41) is 0.700. The molecule has 28 heavy (non-hydrogen) atoms. The van der Waals surface area contributed by atoms with Crippen molar-refractivity contribution < 1.29 is 4.79 Å². The van der Waals surface area contributed by atoms with E-state index in [9.17, 15) is 9.59 Å². The van der Waals surface area contributed by atoms with Crippen LogP contribution in [-0.4, -0.2) is 58.2 Å². The molecule has 0 aliphatic rings. The van der Waals surface area contributed by atoms with Crippen molar-refractivity contribution in [3.8, 4) is 0 Å². The normalized spacial score (nSPS) is 11.0. The smallest absolute Gasteiger partial charge is 0.254 e. The Kier molecular flexibility index (Phi) is 8.73. The van der Waals surface area contributed by atoms with Crippen LogP contribution in [0.25, 0.3) is 0 Å². The van der Waals surface area contributed by atoms with Crippen LogP contribution in [0.5, 0.6) is 0 Å². The van der Waals surface area contributed by atoms with Crippen LogP contribution in [0.3, 0.4) is 0 Å². The van der Waals surface area contributed by atoms with Gasteiger partial charge >= 0.3 is 0 Å². The lowest BCUT2D eigenvalue weighted by Crippen LogP contribution is -2.36. The highest BCUT2D eigenvalue weighted by atomic mass is 32.2. The number of rotatable bonds is 10. The minimum absolute atomic E-state index is 0.0520. The van der Waals surface area contributed by atoms with Crippen molar-refractivity contribution in [2.75, 3.05) is 32.9 Å². The van der Waals surface area contributed by atoms with Crippen molar-refractivity contribution in [3.05, 3.63) is 58.0 Å². The molecule has 152 valence electrons. The second-order valence-corrected chi connectivity index (χ2v) is 8.20. The molecule has 6 nitrogen and oxygen atoms in total. The SMILES string of the molecule is Cc1cc(=O)n(C)c(SCCCC(=O)N(CCN(C)C)Cc2ccccc2)n1. The zero-order valence-electron chi connectivity index (χ0n) is 17.2. The minimum Gasteiger partial charge on any atom is -0.337 e. The number of likely N-dealkylation sites (N-methyl/N-ethyl adjacent to an activating group) is 1. The molecule has 0 fully saturated rings. The Labute approximate surface area is 171 Å². The number of carbonyl (C=O) groups is 1. The zero-order chi connectivity index (χ0) is 20.5. The quantitative estimate of drug-likeness (QED) is 0.347. The Bertz CT molecular complexity index is 821. The summed E-state index contributed by atoms with van der Waals surface area (Å²) in [5.41, 5.74) is 1.81. The van der Waals surface area contributed by atoms with Gasteiger partial charge < -0.3 is 9.80 Å². The molecule has 0 N–H and O–H groups in total. The van der Waals surface area contributed by atoms with Gasteiger partial charge in [-0.3, -0.25) is 14.2 Å². The van der Waals surface area contributed by atoms with Crippen molar-refractivity contribution >= 4 is 17.7 Å². The Balaban J connectivity index is 1.89. The molecule has 0 saturated carbocycles. The highest BCUT2D eigenvalue weighted by Gasteiger charge is 2.14. The fourth-order valence-electron chi connectivity index (χ4n) is 2.72. The van der Waals surface area contributed by atoms with Crippen molar-refractivity contribution in [2.24, 2.45) is 7.05 Å². The standard InChI is InChI=1S/C21H30N4O2S/c1-17-15-20(27)24(4)21(22-17)28-14-8-11-19(26)25(13-12-23(2)3)16-18-9-6-5-7-10-18/h5-7,9-10,15H,8,11-14,16H2,1-4H3. The van der Waals surface area contributed by atoms with E-state index in [1.807, 2.05) is 44.1 Å². The third-order valence-electron chi connectivity index (χ3n) is 4.37. The first kappa shape index (κ1) is 22.2. The van der Waals surface area contributed by atoms with E-state index < -0.39 is 0 Å². The van der Waals surface area contributed by atoms with Gasteiger partial charge in [-0.25, -0.2) is 4.98 Å². The van der Waals surface area contributed by atoms with E-state index in [-0.39, 0.29) is 11.5 Å². The molecule has 0 atom stereocenters. The third kappa shape index (κ3) is 7.13. The third-order valence-corrected chi connectivity index (χ3v) is 5.49. The number of thioether (sulfide) groups is 1. The number of amides is 1. The number of nitrogens with zero attached hydrogens (tertiary/aromatic N) is 4. The van der Waals surface area contributed by atoms with Gasteiger partial charge in [-0.2, -0.15) is 0 Å². The Morgan fingerprint density at radius 1 is 1.18 bits per heavy atom. The number of aromatic nitrogens is 2. The number of hydrogen-bond donors (Lipinski definition) is 0. The summed E-state index contributed by atoms with van der Waals surface area (Å²) < 4.78 is 1.55. The molecular formula is C21H30N4O2S. The maximum Gasteiger partial charge on any atom is 0.254 e. The topological polar surface area (TPSA) is 58.4 Å². The average Bonchev–Trinajstić information content (AvgIpc) is 2.66. The summed E-state index contributed by atoms with van der Waals surface area (Å²) in [4.78, 5) is 33.0. The van der Waals surface area contributed by atoms with Crippen LogP contribution >= 0.6 is 11.8 Å². The van der Waals surface area contributed by atoms with Gasteiger partial charge in [-0.1, -0.05) is 42.1 Å². The average molecular weight is 403 g/mol. The molecule has 0 aliphatic heterocycles. The van der Waals surface area contributed by atoms with E-state index in [0.29, 0.717) is 24.7 Å². The highest BCUT2D eigenvalue weighted by molar-refractivity contribution is 7.99. The van der Waals surface area contributed by atoms with Crippen molar-refractivity contribution in [2.45, 2.75) is 31.5 Å². The number of hydrogen-bond acceptors (Lipinski definition) is 5. The predicted molar refractivity (Wildman–Crippen MR) is 115 cm³/mol. The molecule has 0 radical (unpaired) electrons. The second-order valence-electron chi connectivity index (χ2n) is 7.13. The van der Waals surface area contributed by atoms with E-state index in [1.54, 1.807) is 11.6 Å². The fourth-order valence-corrected chi connectivity index (χ4v) is 3.68. The largest absolute Gasteiger partial charge is 0.337 e. The molecule has 0 saturated heterocycles. The molecule has 0 aliphatic carbocycles. The predicted octanol–water partition coefficient (Wildman–Crippen LogP) is 2.55. The molecular weight excluding hydrogens is 372 g/mol. The molecule has 0 unspecified atom stereocenters. The maximum atomic E-state index is 12.8. The van der Waals surface area contributed by atoms with E-state index in [1.165, 1.54) is 17.8 Å². The van der Waals surface area contributed by atoms with Gasteiger partial charge in [0.1, 0.15) is 0 Å². The summed E-state index contributed by atoms with van der Waals surface area (Å²) in [6.45, 7) is 4.00. The Hall–Kier alpha value is -2.12. The fraction of sp³-hybridized carbons (Fsp3) is 0.476. The minimum atomic E-state index is -0.0520. The van der Waals surface area contributed by atoms with Crippen LogP contribution in [0.4, 0.5) is 0 Å². The molecule has 2 rings (SSSR count). The van der Waals surface area contributed by atoms with Gasteiger partial charge in [0.05, 0.1) is 0 Å². The second kappa shape index (κ2) is 11.0. The van der Waals surface area contributed by atoms with Gasteiger partial charge in [0.25, 0.3) is 5.56 Å². The van der Waals surface area contributed by atoms with Crippen molar-refractivity contribution in [3.63, 3.8) is 0 Å². The molecule has 1 aromatic carbocycles. The molecule has 0 spiro atoms. The lowest BCUT2D eigenvalue weighted by molar-refractivity contribution is -0.132. The molecule has 0 bridgehead atoms. The molecule has 1 amide bonds. The molecule has 7 heteroatoms. The van der Waals surface area contributed by atoms with Crippen LogP contribution in [0.15, 0.2) is 46.3 Å². The number of aryl methyl sites for hydroxylation is 1. The number of benzene rings is 1. The summed E-state index contributed by atoms with van der Waals surface area (Å²) in [6.07, 6.45) is 1.24. The van der Waals surface area contributed by atoms with E-state index in [0.717, 1.165) is 30.0 Å². The van der Waals surface area contributed by atoms with Gasteiger partial charge in [-0.05, 0) is 33.0 Å². The maximum absolute atomic E-state index is 12.8. The van der Waals surface area contributed by atoms with Crippen molar-refractivity contribution in [1.29, 1.82) is 0 Å². The lowest BCUT2D eigenvalue weighted by atomic mass is 10.2. The molecule has 1 heterocycles. The van der Waals surface area contributed by atoms with Crippen molar-refractivity contribution in [1.82, 2.24) is 19.4 Å². The summed E-state index contributed by atoms with van der Waals surface area (Å²) in [7, 11) is 5.76. The molecule has 2 aromatic rings. The lowest BCUT2D eigenvalue weighted by Gasteiger charge is -2.24. The zero-order valence-corrected chi connectivity index (χ0v) is 18.0. The van der Waals surface area contributed by atoms with Crippen LogP contribution in [0.2, 0.25) is 0 Å². The first-order valence-electron chi connectivity index (χ1n) is 9.50. The Morgan fingerprint density at radius 3 is 2.57 bits per heavy atom.